The molecule has 0 unspecified atom stereocenters. The zero-order chi connectivity index (χ0) is 16.5. The largest absolute Gasteiger partial charge is 0.444 e. The maximum absolute atomic E-state index is 11.6. The molecule has 0 aliphatic carbocycles. The number of β-amino-alcohol motifs (C(OH)–C–C–N with tert-alkyl or cyclic N) is 1. The van der Waals surface area contributed by atoms with Crippen molar-refractivity contribution >= 4 is 24.3 Å². The van der Waals surface area contributed by atoms with Crippen molar-refractivity contribution in [1.29, 1.82) is 0 Å². The van der Waals surface area contributed by atoms with Crippen molar-refractivity contribution in [2.24, 2.45) is 0 Å². The standard InChI is InChI=1S/C8H13NO3.C4H6F3NO.ClH/c1-8(2,3)12-7(11)9-4-6(10)5-9;5-4(6,7)3(9)1-8-2-3;/h4-5H2,1-3H3;8-9H,1-2H2;1H. The van der Waals surface area contributed by atoms with E-state index in [-0.39, 0.29) is 44.4 Å². The monoisotopic (exact) mass is 348 g/mol. The highest BCUT2D eigenvalue weighted by atomic mass is 35.5. The SMILES string of the molecule is CC(C)(C)OC(=O)N1CC(=O)C1.Cl.OC1(C(F)(F)F)CNC1. The van der Waals surface area contributed by atoms with E-state index in [0.29, 0.717) is 0 Å². The van der Waals surface area contributed by atoms with Crippen LogP contribution in [0.4, 0.5) is 18.0 Å². The third-order valence-electron chi connectivity index (χ3n) is 2.75. The van der Waals surface area contributed by atoms with Crippen molar-refractivity contribution in [3.63, 3.8) is 0 Å². The summed E-state index contributed by atoms with van der Waals surface area (Å²) in [4.78, 5) is 23.1. The number of alkyl halides is 3. The number of hydrogen-bond donors (Lipinski definition) is 2. The van der Waals surface area contributed by atoms with Gasteiger partial charge >= 0.3 is 12.3 Å². The van der Waals surface area contributed by atoms with Gasteiger partial charge in [-0.2, -0.15) is 13.2 Å². The molecule has 2 rings (SSSR count). The van der Waals surface area contributed by atoms with Crippen LogP contribution in [-0.4, -0.2) is 65.4 Å². The van der Waals surface area contributed by atoms with Gasteiger partial charge in [-0.1, -0.05) is 0 Å². The number of hydrogen-bond acceptors (Lipinski definition) is 5. The van der Waals surface area contributed by atoms with E-state index >= 15 is 0 Å². The zero-order valence-electron chi connectivity index (χ0n) is 12.5. The molecule has 0 bridgehead atoms. The summed E-state index contributed by atoms with van der Waals surface area (Å²) in [5.41, 5.74) is -2.93. The van der Waals surface area contributed by atoms with Gasteiger partial charge in [0, 0.05) is 13.1 Å². The number of rotatable bonds is 0. The predicted octanol–water partition coefficient (Wildman–Crippen LogP) is 1.11. The zero-order valence-corrected chi connectivity index (χ0v) is 13.3. The molecule has 0 aromatic rings. The van der Waals surface area contributed by atoms with Crippen molar-refractivity contribution in [3.05, 3.63) is 0 Å². The Morgan fingerprint density at radius 1 is 1.27 bits per heavy atom. The van der Waals surface area contributed by atoms with Crippen LogP contribution < -0.4 is 5.32 Å². The smallest absolute Gasteiger partial charge is 0.419 e. The summed E-state index contributed by atoms with van der Waals surface area (Å²) in [5, 5.41) is 10.9. The van der Waals surface area contributed by atoms with E-state index in [2.05, 4.69) is 5.32 Å². The predicted molar refractivity (Wildman–Crippen MR) is 73.9 cm³/mol. The van der Waals surface area contributed by atoms with Crippen LogP contribution in [0.25, 0.3) is 0 Å². The number of likely N-dealkylation sites (tertiary alicyclic amines) is 1. The quantitative estimate of drug-likeness (QED) is 0.685. The van der Waals surface area contributed by atoms with Crippen LogP contribution in [-0.2, 0) is 9.53 Å². The molecule has 0 aromatic carbocycles. The Labute approximate surface area is 132 Å². The lowest BCUT2D eigenvalue weighted by molar-refractivity contribution is -0.274. The topological polar surface area (TPSA) is 78.9 Å². The first-order valence-corrected chi connectivity index (χ1v) is 6.33. The molecule has 0 spiro atoms. The van der Waals surface area contributed by atoms with Gasteiger partial charge in [-0.3, -0.25) is 9.69 Å². The average molecular weight is 349 g/mol. The van der Waals surface area contributed by atoms with E-state index in [1.165, 1.54) is 4.90 Å². The van der Waals surface area contributed by atoms with Crippen LogP contribution in [0, 0.1) is 0 Å². The molecule has 0 aromatic heterocycles. The number of carbonyl (C=O) groups is 2. The van der Waals surface area contributed by atoms with Gasteiger partial charge < -0.3 is 15.2 Å². The van der Waals surface area contributed by atoms with Gasteiger partial charge in [0.05, 0.1) is 13.1 Å². The summed E-state index contributed by atoms with van der Waals surface area (Å²) in [6.07, 6.45) is -4.87. The molecule has 2 saturated heterocycles. The van der Waals surface area contributed by atoms with Crippen LogP contribution in [0.5, 0.6) is 0 Å². The number of nitrogens with zero attached hydrogens (tertiary/aromatic N) is 1. The fourth-order valence-electron chi connectivity index (χ4n) is 1.40. The molecule has 130 valence electrons. The Morgan fingerprint density at radius 3 is 1.91 bits per heavy atom. The lowest BCUT2D eigenvalue weighted by atomic mass is 9.97. The van der Waals surface area contributed by atoms with E-state index in [1.807, 2.05) is 0 Å². The fourth-order valence-corrected chi connectivity index (χ4v) is 1.40. The molecule has 1 amide bonds. The second-order valence-electron chi connectivity index (χ2n) is 6.01. The van der Waals surface area contributed by atoms with Crippen LogP contribution >= 0.6 is 12.4 Å². The minimum absolute atomic E-state index is 0. The van der Waals surface area contributed by atoms with Crippen LogP contribution in [0.2, 0.25) is 0 Å². The van der Waals surface area contributed by atoms with Gasteiger partial charge in [0.25, 0.3) is 0 Å². The van der Waals surface area contributed by atoms with Gasteiger partial charge in [0.1, 0.15) is 5.60 Å². The number of amides is 1. The lowest BCUT2D eigenvalue weighted by Gasteiger charge is -2.38. The summed E-state index contributed by atoms with van der Waals surface area (Å²) < 4.78 is 39.8. The molecule has 10 heteroatoms. The maximum atomic E-state index is 11.6. The van der Waals surface area contributed by atoms with Gasteiger partial charge in [0.15, 0.2) is 11.4 Å². The molecule has 2 heterocycles. The first-order valence-electron chi connectivity index (χ1n) is 6.33. The number of Topliss-reactive ketones (excluding diaryl/α,β-unsaturated/α-hetero) is 1. The summed E-state index contributed by atoms with van der Waals surface area (Å²) >= 11 is 0. The summed E-state index contributed by atoms with van der Waals surface area (Å²) in [7, 11) is 0. The van der Waals surface area contributed by atoms with Crippen molar-refractivity contribution < 1.29 is 32.6 Å². The Hall–Kier alpha value is -1.06. The van der Waals surface area contributed by atoms with Crippen LogP contribution in [0.15, 0.2) is 0 Å². The normalized spacial score (nSPS) is 19.8. The van der Waals surface area contributed by atoms with Crippen molar-refractivity contribution in [1.82, 2.24) is 10.2 Å². The average Bonchev–Trinajstić information content (AvgIpc) is 2.18. The minimum Gasteiger partial charge on any atom is -0.444 e. The molecular weight excluding hydrogens is 329 g/mol. The Bertz CT molecular complexity index is 412. The molecule has 0 radical (unpaired) electrons. The molecular formula is C12H20ClF3N2O4. The Balaban J connectivity index is 0.000000397. The summed E-state index contributed by atoms with van der Waals surface area (Å²) in [6.45, 7) is 5.04. The molecule has 2 aliphatic heterocycles. The van der Waals surface area contributed by atoms with Gasteiger partial charge in [-0.15, -0.1) is 12.4 Å². The summed E-state index contributed by atoms with van der Waals surface area (Å²) in [5.74, 6) is 0.0841. The number of ketones is 1. The minimum atomic E-state index is -4.47. The first kappa shape index (κ1) is 20.9. The lowest BCUT2D eigenvalue weighted by Crippen LogP contribution is -2.67. The highest BCUT2D eigenvalue weighted by molar-refractivity contribution is 5.94. The number of carbonyl (C=O) groups excluding carboxylic acids is 2. The highest BCUT2D eigenvalue weighted by Crippen LogP contribution is 2.32. The van der Waals surface area contributed by atoms with E-state index in [9.17, 15) is 22.8 Å². The Kier molecular flexibility index (Phi) is 6.67. The number of halogens is 4. The van der Waals surface area contributed by atoms with Crippen LogP contribution in [0.3, 0.4) is 0 Å². The molecule has 0 saturated carbocycles. The van der Waals surface area contributed by atoms with Crippen LogP contribution in [0.1, 0.15) is 20.8 Å². The second kappa shape index (κ2) is 7.01. The Morgan fingerprint density at radius 2 is 1.73 bits per heavy atom. The van der Waals surface area contributed by atoms with E-state index < -0.39 is 23.5 Å². The van der Waals surface area contributed by atoms with Crippen molar-refractivity contribution in [2.75, 3.05) is 26.2 Å². The molecule has 2 aliphatic rings. The number of ether oxygens (including phenoxy) is 1. The number of nitrogens with one attached hydrogen (secondary N) is 1. The van der Waals surface area contributed by atoms with E-state index in [4.69, 9.17) is 9.84 Å². The van der Waals surface area contributed by atoms with Crippen molar-refractivity contribution in [2.45, 2.75) is 38.1 Å². The number of aliphatic hydroxyl groups is 1. The fraction of sp³-hybridized carbons (Fsp3) is 0.833. The molecule has 2 N–H and O–H groups in total. The van der Waals surface area contributed by atoms with Gasteiger partial charge in [-0.25, -0.2) is 4.79 Å². The summed E-state index contributed by atoms with van der Waals surface area (Å²) in [6, 6.07) is 0. The molecule has 0 atom stereocenters. The third kappa shape index (κ3) is 5.62. The van der Waals surface area contributed by atoms with Crippen molar-refractivity contribution in [3.8, 4) is 0 Å². The van der Waals surface area contributed by atoms with E-state index in [0.717, 1.165) is 0 Å². The maximum Gasteiger partial charge on any atom is 0.419 e. The highest BCUT2D eigenvalue weighted by Gasteiger charge is 2.57. The van der Waals surface area contributed by atoms with E-state index in [1.54, 1.807) is 20.8 Å². The second-order valence-corrected chi connectivity index (χ2v) is 6.01. The molecule has 6 nitrogen and oxygen atoms in total. The van der Waals surface area contributed by atoms with Gasteiger partial charge in [-0.05, 0) is 20.8 Å². The molecule has 2 fully saturated rings. The third-order valence-corrected chi connectivity index (χ3v) is 2.75. The van der Waals surface area contributed by atoms with Gasteiger partial charge in [0.2, 0.25) is 0 Å². The first-order chi connectivity index (χ1) is 9.34. The molecule has 22 heavy (non-hydrogen) atoms.